The molecule has 0 aromatic heterocycles. The van der Waals surface area contributed by atoms with Crippen molar-refractivity contribution in [3.63, 3.8) is 0 Å². The third-order valence-electron chi connectivity index (χ3n) is 0.827. The standard InChI is InChI=1S/C4H8O.CH3Cl/c1-2-4-5-3-1;1-2/h1-4H2;1H3. The summed E-state index contributed by atoms with van der Waals surface area (Å²) in [4.78, 5) is 0. The summed E-state index contributed by atoms with van der Waals surface area (Å²) in [6.07, 6.45) is 4.03. The van der Waals surface area contributed by atoms with Crippen LogP contribution in [0.5, 0.6) is 0 Å². The van der Waals surface area contributed by atoms with Crippen LogP contribution in [-0.4, -0.2) is 19.6 Å². The lowest BCUT2D eigenvalue weighted by molar-refractivity contribution is 0.198. The summed E-state index contributed by atoms with van der Waals surface area (Å²) < 4.78 is 4.94. The van der Waals surface area contributed by atoms with E-state index in [1.54, 1.807) is 0 Å². The van der Waals surface area contributed by atoms with Gasteiger partial charge in [0.15, 0.2) is 0 Å². The zero-order chi connectivity index (χ0) is 5.54. The van der Waals surface area contributed by atoms with Gasteiger partial charge in [0.25, 0.3) is 0 Å². The Kier molecular flexibility index (Phi) is 6.47. The van der Waals surface area contributed by atoms with Crippen LogP contribution < -0.4 is 0 Å². The van der Waals surface area contributed by atoms with E-state index in [0.717, 1.165) is 13.2 Å². The molecule has 0 aromatic carbocycles. The fourth-order valence-electron chi connectivity index (χ4n) is 0.510. The molecule has 0 radical (unpaired) electrons. The lowest BCUT2D eigenvalue weighted by Gasteiger charge is -1.76. The van der Waals surface area contributed by atoms with Crippen molar-refractivity contribution in [2.75, 3.05) is 19.6 Å². The van der Waals surface area contributed by atoms with Crippen molar-refractivity contribution in [3.05, 3.63) is 0 Å². The molecule has 1 rings (SSSR count). The highest BCUT2D eigenvalue weighted by molar-refractivity contribution is 6.15. The van der Waals surface area contributed by atoms with E-state index in [1.165, 1.54) is 19.2 Å². The monoisotopic (exact) mass is 122 g/mol. The maximum absolute atomic E-state index is 4.94. The third kappa shape index (κ3) is 4.10. The minimum absolute atomic E-state index is 1.00. The van der Waals surface area contributed by atoms with Gasteiger partial charge in [-0.1, -0.05) is 0 Å². The zero-order valence-corrected chi connectivity index (χ0v) is 5.37. The molecule has 1 aliphatic heterocycles. The Labute approximate surface area is 49.6 Å². The van der Waals surface area contributed by atoms with Gasteiger partial charge in [0, 0.05) is 19.6 Å². The van der Waals surface area contributed by atoms with E-state index in [2.05, 4.69) is 11.6 Å². The molecule has 7 heavy (non-hydrogen) atoms. The van der Waals surface area contributed by atoms with E-state index in [4.69, 9.17) is 4.74 Å². The second-order valence-corrected chi connectivity index (χ2v) is 1.32. The smallest absolute Gasteiger partial charge is 0.0466 e. The van der Waals surface area contributed by atoms with Crippen molar-refractivity contribution in [1.82, 2.24) is 0 Å². The predicted octanol–water partition coefficient (Wildman–Crippen LogP) is 1.65. The topological polar surface area (TPSA) is 9.23 Å². The lowest BCUT2D eigenvalue weighted by Crippen LogP contribution is -1.74. The van der Waals surface area contributed by atoms with Crippen LogP contribution in [0.15, 0.2) is 0 Å². The van der Waals surface area contributed by atoms with E-state index >= 15 is 0 Å². The van der Waals surface area contributed by atoms with Gasteiger partial charge in [0.05, 0.1) is 0 Å². The number of ether oxygens (including phenoxy) is 1. The normalized spacial score (nSPS) is 18.0. The van der Waals surface area contributed by atoms with Crippen LogP contribution in [0.2, 0.25) is 0 Å². The van der Waals surface area contributed by atoms with Gasteiger partial charge >= 0.3 is 0 Å². The van der Waals surface area contributed by atoms with Crippen LogP contribution in [0.4, 0.5) is 0 Å². The van der Waals surface area contributed by atoms with Gasteiger partial charge < -0.3 is 4.74 Å². The van der Waals surface area contributed by atoms with E-state index in [-0.39, 0.29) is 0 Å². The average molecular weight is 123 g/mol. The maximum atomic E-state index is 4.94. The summed E-state index contributed by atoms with van der Waals surface area (Å²) in [5.74, 6) is 0. The van der Waals surface area contributed by atoms with Gasteiger partial charge in [0.1, 0.15) is 0 Å². The van der Waals surface area contributed by atoms with Crippen molar-refractivity contribution >= 4 is 11.6 Å². The highest BCUT2D eigenvalue weighted by Gasteiger charge is 1.94. The Morgan fingerprint density at radius 2 is 1.57 bits per heavy atom. The molecule has 1 aliphatic rings. The molecule has 44 valence electrons. The first kappa shape index (κ1) is 7.25. The molecule has 0 spiro atoms. The van der Waals surface area contributed by atoms with Crippen LogP contribution in [0.25, 0.3) is 0 Å². The quantitative estimate of drug-likeness (QED) is 0.444. The van der Waals surface area contributed by atoms with Gasteiger partial charge in [0.2, 0.25) is 0 Å². The van der Waals surface area contributed by atoms with Crippen molar-refractivity contribution in [2.45, 2.75) is 12.8 Å². The fraction of sp³-hybridized carbons (Fsp3) is 1.00. The summed E-state index contributed by atoms with van der Waals surface area (Å²) in [7, 11) is 0. The van der Waals surface area contributed by atoms with Gasteiger partial charge in [-0.15, -0.1) is 11.6 Å². The summed E-state index contributed by atoms with van der Waals surface area (Å²) in [5.41, 5.74) is 0. The van der Waals surface area contributed by atoms with E-state index in [1.807, 2.05) is 0 Å². The van der Waals surface area contributed by atoms with Gasteiger partial charge in [-0.3, -0.25) is 0 Å². The Morgan fingerprint density at radius 3 is 1.71 bits per heavy atom. The first-order chi connectivity index (χ1) is 3.50. The molecule has 1 nitrogen and oxygen atoms in total. The molecule has 0 N–H and O–H groups in total. The van der Waals surface area contributed by atoms with Crippen LogP contribution >= 0.6 is 11.6 Å². The Morgan fingerprint density at radius 1 is 1.14 bits per heavy atom. The minimum Gasteiger partial charge on any atom is -0.381 e. The molecule has 0 aliphatic carbocycles. The molecular weight excluding hydrogens is 112 g/mol. The Balaban J connectivity index is 0.000000162. The highest BCUT2D eigenvalue weighted by Crippen LogP contribution is 1.98. The molecule has 1 heterocycles. The number of halogens is 1. The fourth-order valence-corrected chi connectivity index (χ4v) is 0.510. The predicted molar refractivity (Wildman–Crippen MR) is 31.8 cm³/mol. The number of hydrogen-bond acceptors (Lipinski definition) is 1. The molecule has 0 unspecified atom stereocenters. The summed E-state index contributed by atoms with van der Waals surface area (Å²) in [5, 5.41) is 0. The minimum atomic E-state index is 1.00. The molecule has 0 atom stereocenters. The Bertz CT molecular complexity index is 19.7. The largest absolute Gasteiger partial charge is 0.381 e. The van der Waals surface area contributed by atoms with Gasteiger partial charge in [-0.25, -0.2) is 0 Å². The number of alkyl halides is 1. The van der Waals surface area contributed by atoms with Gasteiger partial charge in [-0.2, -0.15) is 0 Å². The summed E-state index contributed by atoms with van der Waals surface area (Å²) in [6, 6.07) is 0. The first-order valence-corrected chi connectivity index (χ1v) is 3.21. The molecule has 1 saturated heterocycles. The average Bonchev–Trinajstić information content (AvgIpc) is 2.23. The van der Waals surface area contributed by atoms with E-state index < -0.39 is 0 Å². The van der Waals surface area contributed by atoms with Crippen molar-refractivity contribution in [2.24, 2.45) is 0 Å². The second-order valence-electron chi connectivity index (χ2n) is 1.32. The van der Waals surface area contributed by atoms with Crippen LogP contribution in [0, 0.1) is 0 Å². The van der Waals surface area contributed by atoms with Crippen LogP contribution in [0.3, 0.4) is 0 Å². The highest BCUT2D eigenvalue weighted by atomic mass is 35.5. The molecule has 0 aromatic rings. The SMILES string of the molecule is C1CCOC1.CCl. The third-order valence-corrected chi connectivity index (χ3v) is 0.827. The summed E-state index contributed by atoms with van der Waals surface area (Å²) >= 11 is 4.64. The summed E-state index contributed by atoms with van der Waals surface area (Å²) in [6.45, 7) is 2.00. The number of rotatable bonds is 0. The molecule has 0 saturated carbocycles. The molecule has 0 bridgehead atoms. The van der Waals surface area contributed by atoms with Crippen molar-refractivity contribution in [3.8, 4) is 0 Å². The van der Waals surface area contributed by atoms with Crippen LogP contribution in [0.1, 0.15) is 12.8 Å². The molecule has 2 heteroatoms. The molecule has 1 fully saturated rings. The van der Waals surface area contributed by atoms with Gasteiger partial charge in [-0.05, 0) is 12.8 Å². The molecule has 0 amide bonds. The second kappa shape index (κ2) is 6.25. The van der Waals surface area contributed by atoms with Crippen molar-refractivity contribution < 1.29 is 4.74 Å². The Hall–Kier alpha value is 0.250. The first-order valence-electron chi connectivity index (χ1n) is 2.46. The van der Waals surface area contributed by atoms with E-state index in [0.29, 0.717) is 0 Å². The van der Waals surface area contributed by atoms with Crippen molar-refractivity contribution in [1.29, 1.82) is 0 Å². The van der Waals surface area contributed by atoms with E-state index in [9.17, 15) is 0 Å². The lowest BCUT2D eigenvalue weighted by atomic mass is 10.4. The van der Waals surface area contributed by atoms with Crippen LogP contribution in [-0.2, 0) is 4.74 Å². The molecular formula is C5H11ClO. The number of hydrogen-bond donors (Lipinski definition) is 0. The zero-order valence-electron chi connectivity index (χ0n) is 4.61. The maximum Gasteiger partial charge on any atom is 0.0466 e.